The van der Waals surface area contributed by atoms with Crippen molar-refractivity contribution < 1.29 is 13.2 Å². The highest BCUT2D eigenvalue weighted by molar-refractivity contribution is 5.28. The number of hydrogen-bond acceptors (Lipinski definition) is 3. The van der Waals surface area contributed by atoms with Crippen LogP contribution in [0.2, 0.25) is 0 Å². The summed E-state index contributed by atoms with van der Waals surface area (Å²) >= 11 is 0. The van der Waals surface area contributed by atoms with Crippen LogP contribution in [0.5, 0.6) is 0 Å². The van der Waals surface area contributed by atoms with Gasteiger partial charge in [-0.25, -0.2) is 0 Å². The van der Waals surface area contributed by atoms with E-state index >= 15 is 0 Å². The number of hydrogen-bond donors (Lipinski definition) is 0. The number of rotatable bonds is 5. The molecule has 1 fully saturated rings. The van der Waals surface area contributed by atoms with Crippen molar-refractivity contribution in [2.24, 2.45) is 0 Å². The molecule has 1 saturated heterocycles. The lowest BCUT2D eigenvalue weighted by molar-refractivity contribution is -0.137. The summed E-state index contributed by atoms with van der Waals surface area (Å²) in [6, 6.07) is 15.6. The molecule has 0 N–H and O–H groups in total. The number of aromatic nitrogens is 2. The van der Waals surface area contributed by atoms with E-state index < -0.39 is 11.7 Å². The van der Waals surface area contributed by atoms with Gasteiger partial charge in [-0.05, 0) is 60.8 Å². The highest BCUT2D eigenvalue weighted by Gasteiger charge is 2.30. The van der Waals surface area contributed by atoms with Gasteiger partial charge >= 0.3 is 6.18 Å². The average Bonchev–Trinajstić information content (AvgIpc) is 3.17. The Morgan fingerprint density at radius 1 is 0.966 bits per heavy atom. The van der Waals surface area contributed by atoms with E-state index in [9.17, 15) is 13.2 Å². The molecule has 0 bridgehead atoms. The van der Waals surface area contributed by atoms with Crippen molar-refractivity contribution in [1.82, 2.24) is 14.9 Å². The molecule has 1 aliphatic rings. The Morgan fingerprint density at radius 3 is 2.52 bits per heavy atom. The molecule has 0 unspecified atom stereocenters. The lowest BCUT2D eigenvalue weighted by Crippen LogP contribution is -2.23. The molecule has 150 valence electrons. The van der Waals surface area contributed by atoms with E-state index in [4.69, 9.17) is 4.98 Å². The summed E-state index contributed by atoms with van der Waals surface area (Å²) in [5, 5.41) is 0. The van der Waals surface area contributed by atoms with Crippen molar-refractivity contribution in [1.29, 1.82) is 0 Å². The van der Waals surface area contributed by atoms with Gasteiger partial charge < -0.3 is 0 Å². The Balaban J connectivity index is 1.48. The predicted octanol–water partition coefficient (Wildman–Crippen LogP) is 5.42. The highest BCUT2D eigenvalue weighted by Crippen LogP contribution is 2.32. The van der Waals surface area contributed by atoms with Gasteiger partial charge in [-0.3, -0.25) is 14.9 Å². The fraction of sp³-hybridized carbons (Fsp3) is 0.304. The molecule has 0 spiro atoms. The Bertz CT molecular complexity index is 940. The van der Waals surface area contributed by atoms with Gasteiger partial charge in [-0.2, -0.15) is 13.2 Å². The maximum absolute atomic E-state index is 12.7. The zero-order valence-corrected chi connectivity index (χ0v) is 15.9. The Hall–Kier alpha value is -2.73. The fourth-order valence-corrected chi connectivity index (χ4v) is 3.88. The molecular weight excluding hydrogens is 375 g/mol. The Kier molecular flexibility index (Phi) is 5.62. The van der Waals surface area contributed by atoms with E-state index in [2.05, 4.69) is 16.0 Å². The molecular formula is C23H22F3N3. The number of pyridine rings is 2. The van der Waals surface area contributed by atoms with E-state index in [1.54, 1.807) is 6.20 Å². The van der Waals surface area contributed by atoms with Crippen molar-refractivity contribution in [2.45, 2.75) is 38.0 Å². The second-order valence-electron chi connectivity index (χ2n) is 7.42. The molecule has 0 saturated carbocycles. The molecule has 6 heteroatoms. The first kappa shape index (κ1) is 19.6. The lowest BCUT2D eigenvalue weighted by Gasteiger charge is -2.24. The van der Waals surface area contributed by atoms with Gasteiger partial charge in [0.25, 0.3) is 0 Å². The molecule has 3 heterocycles. The van der Waals surface area contributed by atoms with Gasteiger partial charge in [-0.15, -0.1) is 0 Å². The lowest BCUT2D eigenvalue weighted by atomic mass is 10.0. The largest absolute Gasteiger partial charge is 0.416 e. The molecule has 0 aliphatic carbocycles. The van der Waals surface area contributed by atoms with Crippen LogP contribution in [0.25, 0.3) is 0 Å². The third-order valence-corrected chi connectivity index (χ3v) is 5.31. The second kappa shape index (κ2) is 8.33. The number of benzene rings is 1. The van der Waals surface area contributed by atoms with Crippen LogP contribution in [-0.2, 0) is 19.1 Å². The highest BCUT2D eigenvalue weighted by atomic mass is 19.4. The molecule has 2 aromatic heterocycles. The maximum Gasteiger partial charge on any atom is 0.416 e. The topological polar surface area (TPSA) is 29.0 Å². The quantitative estimate of drug-likeness (QED) is 0.575. The molecule has 4 rings (SSSR count). The van der Waals surface area contributed by atoms with Crippen molar-refractivity contribution in [3.8, 4) is 0 Å². The molecule has 0 amide bonds. The summed E-state index contributed by atoms with van der Waals surface area (Å²) in [4.78, 5) is 11.4. The van der Waals surface area contributed by atoms with Crippen molar-refractivity contribution in [2.75, 3.05) is 6.54 Å². The zero-order chi connectivity index (χ0) is 20.3. The molecule has 3 aromatic rings. The van der Waals surface area contributed by atoms with Crippen LogP contribution in [0, 0.1) is 0 Å². The SMILES string of the molecule is FC(F)(F)c1ccc(Cc2cccc([C@@H]3CCCN3Cc3cccnc3)n2)cc1. The Labute approximate surface area is 168 Å². The van der Waals surface area contributed by atoms with Crippen LogP contribution in [0.3, 0.4) is 0 Å². The van der Waals surface area contributed by atoms with Gasteiger partial charge in [0.2, 0.25) is 0 Å². The van der Waals surface area contributed by atoms with Gasteiger partial charge in [0.05, 0.1) is 17.3 Å². The van der Waals surface area contributed by atoms with E-state index in [1.807, 2.05) is 30.5 Å². The van der Waals surface area contributed by atoms with E-state index in [0.717, 1.165) is 55.0 Å². The van der Waals surface area contributed by atoms with E-state index in [-0.39, 0.29) is 6.04 Å². The van der Waals surface area contributed by atoms with Gasteiger partial charge in [-0.1, -0.05) is 24.3 Å². The zero-order valence-electron chi connectivity index (χ0n) is 15.9. The third-order valence-electron chi connectivity index (χ3n) is 5.31. The standard InChI is InChI=1S/C23H22F3N3/c24-23(25,26)19-10-8-17(9-11-19)14-20-5-1-6-21(28-20)22-7-3-13-29(22)16-18-4-2-12-27-15-18/h1-2,4-6,8-12,15,22H,3,7,13-14,16H2/t22-/m0/s1. The minimum atomic E-state index is -4.31. The monoisotopic (exact) mass is 397 g/mol. The minimum absolute atomic E-state index is 0.253. The van der Waals surface area contributed by atoms with E-state index in [1.165, 1.54) is 17.7 Å². The summed E-state index contributed by atoms with van der Waals surface area (Å²) in [5.74, 6) is 0. The Morgan fingerprint density at radius 2 is 1.79 bits per heavy atom. The van der Waals surface area contributed by atoms with Crippen molar-refractivity contribution in [3.63, 3.8) is 0 Å². The van der Waals surface area contributed by atoms with Crippen molar-refractivity contribution in [3.05, 3.63) is 95.1 Å². The van der Waals surface area contributed by atoms with Crippen LogP contribution in [-0.4, -0.2) is 21.4 Å². The van der Waals surface area contributed by atoms with Crippen LogP contribution in [0.4, 0.5) is 13.2 Å². The number of halogens is 3. The van der Waals surface area contributed by atoms with Crippen molar-refractivity contribution >= 4 is 0 Å². The summed E-state index contributed by atoms with van der Waals surface area (Å²) in [5.41, 5.74) is 3.27. The average molecular weight is 397 g/mol. The first-order valence-corrected chi connectivity index (χ1v) is 9.74. The molecule has 29 heavy (non-hydrogen) atoms. The van der Waals surface area contributed by atoms with Crippen LogP contribution in [0.1, 0.15) is 47.0 Å². The molecule has 0 radical (unpaired) electrons. The first-order valence-electron chi connectivity index (χ1n) is 9.74. The number of nitrogens with zero attached hydrogens (tertiary/aromatic N) is 3. The number of alkyl halides is 3. The minimum Gasteiger partial charge on any atom is -0.290 e. The predicted molar refractivity (Wildman–Crippen MR) is 105 cm³/mol. The first-order chi connectivity index (χ1) is 14.0. The third kappa shape index (κ3) is 4.82. The second-order valence-corrected chi connectivity index (χ2v) is 7.42. The molecule has 1 aromatic carbocycles. The van der Waals surface area contributed by atoms with Gasteiger partial charge in [0.15, 0.2) is 0 Å². The van der Waals surface area contributed by atoms with Crippen LogP contribution < -0.4 is 0 Å². The summed E-state index contributed by atoms with van der Waals surface area (Å²) in [7, 11) is 0. The fourth-order valence-electron chi connectivity index (χ4n) is 3.88. The van der Waals surface area contributed by atoms with Gasteiger partial charge in [0, 0.05) is 31.1 Å². The van der Waals surface area contributed by atoms with Gasteiger partial charge in [0.1, 0.15) is 0 Å². The molecule has 1 aliphatic heterocycles. The summed E-state index contributed by atoms with van der Waals surface area (Å²) in [6.45, 7) is 1.85. The number of likely N-dealkylation sites (tertiary alicyclic amines) is 1. The normalized spacial score (nSPS) is 17.6. The van der Waals surface area contributed by atoms with E-state index in [0.29, 0.717) is 6.42 Å². The van der Waals surface area contributed by atoms with Crippen LogP contribution >= 0.6 is 0 Å². The molecule has 3 nitrogen and oxygen atoms in total. The smallest absolute Gasteiger partial charge is 0.290 e. The maximum atomic E-state index is 12.7. The summed E-state index contributed by atoms with van der Waals surface area (Å²) < 4.78 is 38.2. The van der Waals surface area contributed by atoms with Crippen LogP contribution in [0.15, 0.2) is 67.0 Å². The molecule has 1 atom stereocenters. The summed E-state index contributed by atoms with van der Waals surface area (Å²) in [6.07, 6.45) is 2.05.